The summed E-state index contributed by atoms with van der Waals surface area (Å²) in [4.78, 5) is 19.7. The normalized spacial score (nSPS) is 14.0. The van der Waals surface area contributed by atoms with Crippen LogP contribution in [0.15, 0.2) is 54.6 Å². The van der Waals surface area contributed by atoms with Gasteiger partial charge in [-0.15, -0.1) is 0 Å². The van der Waals surface area contributed by atoms with Gasteiger partial charge in [0.25, 0.3) is 5.91 Å². The average molecular weight is 332 g/mol. The molecule has 1 fully saturated rings. The second-order valence-electron chi connectivity index (χ2n) is 6.30. The van der Waals surface area contributed by atoms with Crippen molar-refractivity contribution in [3.63, 3.8) is 0 Å². The molecule has 1 aliphatic rings. The van der Waals surface area contributed by atoms with E-state index in [0.717, 1.165) is 59.4 Å². The molecule has 2 aromatic carbocycles. The fourth-order valence-electron chi connectivity index (χ4n) is 3.37. The lowest BCUT2D eigenvalue weighted by Crippen LogP contribution is -2.27. The zero-order valence-corrected chi connectivity index (χ0v) is 14.2. The number of likely N-dealkylation sites (tertiary alicyclic amines) is 1. The Hall–Kier alpha value is -2.88. The highest BCUT2D eigenvalue weighted by molar-refractivity contribution is 6.07. The van der Waals surface area contributed by atoms with Crippen LogP contribution in [0.5, 0.6) is 5.75 Å². The van der Waals surface area contributed by atoms with E-state index in [1.807, 2.05) is 59.5 Å². The monoisotopic (exact) mass is 332 g/mol. The van der Waals surface area contributed by atoms with Crippen LogP contribution < -0.4 is 4.74 Å². The summed E-state index contributed by atoms with van der Waals surface area (Å²) in [5, 5.41) is 0.908. The summed E-state index contributed by atoms with van der Waals surface area (Å²) in [6.07, 6.45) is 2.16. The largest absolute Gasteiger partial charge is 0.497 e. The number of ether oxygens (including phenoxy) is 1. The van der Waals surface area contributed by atoms with Crippen LogP contribution in [0.2, 0.25) is 0 Å². The van der Waals surface area contributed by atoms with Gasteiger partial charge in [-0.2, -0.15) is 0 Å². The fraction of sp³-hybridized carbons (Fsp3) is 0.238. The fourth-order valence-corrected chi connectivity index (χ4v) is 3.37. The Morgan fingerprint density at radius 1 is 1.04 bits per heavy atom. The Morgan fingerprint density at radius 2 is 1.84 bits per heavy atom. The first-order chi connectivity index (χ1) is 12.3. The highest BCUT2D eigenvalue weighted by atomic mass is 16.5. The number of para-hydroxylation sites is 1. The second kappa shape index (κ2) is 6.55. The van der Waals surface area contributed by atoms with Crippen LogP contribution >= 0.6 is 0 Å². The van der Waals surface area contributed by atoms with Crippen molar-refractivity contribution >= 4 is 16.8 Å². The summed E-state index contributed by atoms with van der Waals surface area (Å²) in [5.41, 5.74) is 3.30. The van der Waals surface area contributed by atoms with Crippen molar-refractivity contribution in [2.24, 2.45) is 0 Å². The maximum Gasteiger partial charge on any atom is 0.254 e. The summed E-state index contributed by atoms with van der Waals surface area (Å²) in [5.74, 6) is 0.875. The van der Waals surface area contributed by atoms with E-state index in [2.05, 4.69) is 0 Å². The molecule has 0 radical (unpaired) electrons. The van der Waals surface area contributed by atoms with Gasteiger partial charge in [0.15, 0.2) is 0 Å². The SMILES string of the molecule is COc1cccc(-c2cc(C(=O)N3CCCC3)c3ccccc3n2)c1. The molecule has 1 aromatic heterocycles. The molecule has 2 heterocycles. The van der Waals surface area contributed by atoms with Crippen LogP contribution in [-0.2, 0) is 0 Å². The maximum absolute atomic E-state index is 13.0. The van der Waals surface area contributed by atoms with E-state index in [9.17, 15) is 4.79 Å². The minimum absolute atomic E-state index is 0.0975. The Bertz CT molecular complexity index is 930. The molecule has 4 rings (SSSR count). The summed E-state index contributed by atoms with van der Waals surface area (Å²) in [6.45, 7) is 1.67. The van der Waals surface area contributed by atoms with E-state index in [-0.39, 0.29) is 5.91 Å². The predicted octanol–water partition coefficient (Wildman–Crippen LogP) is 4.15. The lowest BCUT2D eigenvalue weighted by atomic mass is 10.0. The van der Waals surface area contributed by atoms with E-state index >= 15 is 0 Å². The Morgan fingerprint density at radius 3 is 2.64 bits per heavy atom. The minimum atomic E-state index is 0.0975. The minimum Gasteiger partial charge on any atom is -0.497 e. The van der Waals surface area contributed by atoms with Gasteiger partial charge in [-0.25, -0.2) is 4.98 Å². The summed E-state index contributed by atoms with van der Waals surface area (Å²) in [6, 6.07) is 17.5. The third-order valence-corrected chi connectivity index (χ3v) is 4.71. The van der Waals surface area contributed by atoms with Gasteiger partial charge in [0.2, 0.25) is 0 Å². The Kier molecular flexibility index (Phi) is 4.10. The lowest BCUT2D eigenvalue weighted by Gasteiger charge is -2.17. The number of hydrogen-bond donors (Lipinski definition) is 0. The van der Waals surface area contributed by atoms with Crippen molar-refractivity contribution in [3.05, 3.63) is 60.2 Å². The molecular weight excluding hydrogens is 312 g/mol. The molecule has 0 N–H and O–H groups in total. The van der Waals surface area contributed by atoms with Crippen molar-refractivity contribution < 1.29 is 9.53 Å². The van der Waals surface area contributed by atoms with E-state index in [1.54, 1.807) is 7.11 Å². The first kappa shape index (κ1) is 15.6. The molecule has 0 unspecified atom stereocenters. The topological polar surface area (TPSA) is 42.4 Å². The summed E-state index contributed by atoms with van der Waals surface area (Å²) >= 11 is 0. The molecule has 126 valence electrons. The molecule has 4 heteroatoms. The molecule has 0 spiro atoms. The van der Waals surface area contributed by atoms with Crippen molar-refractivity contribution in [1.82, 2.24) is 9.88 Å². The molecule has 0 bridgehead atoms. The molecule has 0 atom stereocenters. The number of fused-ring (bicyclic) bond motifs is 1. The Labute approximate surface area is 147 Å². The number of carbonyl (C=O) groups excluding carboxylic acids is 1. The Balaban J connectivity index is 1.87. The summed E-state index contributed by atoms with van der Waals surface area (Å²) in [7, 11) is 1.65. The van der Waals surface area contributed by atoms with Gasteiger partial charge in [-0.05, 0) is 37.1 Å². The number of aromatic nitrogens is 1. The van der Waals surface area contributed by atoms with Crippen LogP contribution in [-0.4, -0.2) is 36.0 Å². The molecule has 1 saturated heterocycles. The van der Waals surface area contributed by atoms with Crippen molar-refractivity contribution in [3.8, 4) is 17.0 Å². The number of rotatable bonds is 3. The molecule has 0 saturated carbocycles. The number of hydrogen-bond acceptors (Lipinski definition) is 3. The van der Waals surface area contributed by atoms with Gasteiger partial charge >= 0.3 is 0 Å². The van der Waals surface area contributed by atoms with Gasteiger partial charge in [-0.1, -0.05) is 30.3 Å². The number of pyridine rings is 1. The van der Waals surface area contributed by atoms with Crippen molar-refractivity contribution in [1.29, 1.82) is 0 Å². The van der Waals surface area contributed by atoms with Crippen LogP contribution in [0.1, 0.15) is 23.2 Å². The standard InChI is InChI=1S/C21H20N2O2/c1-25-16-8-6-7-15(13-16)20-14-18(21(24)23-11-4-5-12-23)17-9-2-3-10-19(17)22-20/h2-3,6-10,13-14H,4-5,11-12H2,1H3. The average Bonchev–Trinajstić information content (AvgIpc) is 3.21. The van der Waals surface area contributed by atoms with E-state index < -0.39 is 0 Å². The molecule has 25 heavy (non-hydrogen) atoms. The number of benzene rings is 2. The van der Waals surface area contributed by atoms with Crippen LogP contribution in [0.4, 0.5) is 0 Å². The molecule has 0 aliphatic carbocycles. The van der Waals surface area contributed by atoms with Gasteiger partial charge in [-0.3, -0.25) is 4.79 Å². The first-order valence-electron chi connectivity index (χ1n) is 8.60. The maximum atomic E-state index is 13.0. The highest BCUT2D eigenvalue weighted by Gasteiger charge is 2.22. The predicted molar refractivity (Wildman–Crippen MR) is 98.9 cm³/mol. The van der Waals surface area contributed by atoms with E-state index in [4.69, 9.17) is 9.72 Å². The number of carbonyl (C=O) groups is 1. The van der Waals surface area contributed by atoms with E-state index in [1.165, 1.54) is 0 Å². The molecule has 1 aliphatic heterocycles. The smallest absolute Gasteiger partial charge is 0.254 e. The quantitative estimate of drug-likeness (QED) is 0.724. The molecule has 4 nitrogen and oxygen atoms in total. The summed E-state index contributed by atoms with van der Waals surface area (Å²) < 4.78 is 5.32. The van der Waals surface area contributed by atoms with Crippen LogP contribution in [0.25, 0.3) is 22.2 Å². The third-order valence-electron chi connectivity index (χ3n) is 4.71. The third kappa shape index (κ3) is 2.95. The van der Waals surface area contributed by atoms with Gasteiger partial charge < -0.3 is 9.64 Å². The highest BCUT2D eigenvalue weighted by Crippen LogP contribution is 2.28. The van der Waals surface area contributed by atoms with Crippen LogP contribution in [0, 0.1) is 0 Å². The first-order valence-corrected chi connectivity index (χ1v) is 8.60. The second-order valence-corrected chi connectivity index (χ2v) is 6.30. The van der Waals surface area contributed by atoms with Gasteiger partial charge in [0, 0.05) is 24.0 Å². The molecule has 1 amide bonds. The van der Waals surface area contributed by atoms with Gasteiger partial charge in [0.05, 0.1) is 23.9 Å². The van der Waals surface area contributed by atoms with Crippen molar-refractivity contribution in [2.45, 2.75) is 12.8 Å². The molecular formula is C21H20N2O2. The number of methoxy groups -OCH3 is 1. The number of amides is 1. The van der Waals surface area contributed by atoms with E-state index in [0.29, 0.717) is 0 Å². The lowest BCUT2D eigenvalue weighted by molar-refractivity contribution is 0.0794. The van der Waals surface area contributed by atoms with Crippen molar-refractivity contribution in [2.75, 3.05) is 20.2 Å². The number of nitrogens with zero attached hydrogens (tertiary/aromatic N) is 2. The zero-order valence-electron chi connectivity index (χ0n) is 14.2. The van der Waals surface area contributed by atoms with Gasteiger partial charge in [0.1, 0.15) is 5.75 Å². The zero-order chi connectivity index (χ0) is 17.2. The molecule has 3 aromatic rings. The van der Waals surface area contributed by atoms with Crippen LogP contribution in [0.3, 0.4) is 0 Å².